The number of carbonyl (C=O) groups excluding carboxylic acids is 3. The number of carbonyl (C=O) groups is 3. The van der Waals surface area contributed by atoms with Crippen molar-refractivity contribution < 1.29 is 33.3 Å². The lowest BCUT2D eigenvalue weighted by Crippen LogP contribution is -2.37. The number of hydrogen-bond donors (Lipinski definition) is 3. The van der Waals surface area contributed by atoms with Crippen LogP contribution in [0.2, 0.25) is 0 Å². The average molecular weight is 721 g/mol. The molecule has 3 heterocycles. The fraction of sp³-hybridized carbons (Fsp3) is 0.400. The normalized spacial score (nSPS) is 13.9. The minimum atomic E-state index is -0.602. The van der Waals surface area contributed by atoms with Gasteiger partial charge in [0.2, 0.25) is 5.91 Å². The third-order valence-corrected chi connectivity index (χ3v) is 9.27. The number of benzene rings is 2. The fourth-order valence-electron chi connectivity index (χ4n) is 5.72. The van der Waals surface area contributed by atoms with Crippen LogP contribution < -0.4 is 31.1 Å². The molecular formula is C35H44N8O7S. The lowest BCUT2D eigenvalue weighted by Gasteiger charge is -2.26. The molecular weight excluding hydrogens is 677 g/mol. The van der Waals surface area contributed by atoms with Gasteiger partial charge in [-0.2, -0.15) is 10.1 Å². The van der Waals surface area contributed by atoms with Crippen molar-refractivity contribution in [1.29, 1.82) is 0 Å². The van der Waals surface area contributed by atoms with Gasteiger partial charge in [0.15, 0.2) is 4.80 Å². The molecule has 0 bridgehead atoms. The molecule has 51 heavy (non-hydrogen) atoms. The lowest BCUT2D eigenvalue weighted by molar-refractivity contribution is 0.0358. The van der Waals surface area contributed by atoms with E-state index in [-0.39, 0.29) is 5.56 Å². The first-order valence-electron chi connectivity index (χ1n) is 16.6. The van der Waals surface area contributed by atoms with Gasteiger partial charge in [-0.25, -0.2) is 4.79 Å². The van der Waals surface area contributed by atoms with Crippen LogP contribution in [0.15, 0.2) is 47.5 Å². The van der Waals surface area contributed by atoms with Crippen molar-refractivity contribution >= 4 is 50.7 Å². The molecule has 0 spiro atoms. The monoisotopic (exact) mass is 720 g/mol. The van der Waals surface area contributed by atoms with E-state index >= 15 is 0 Å². The molecule has 0 atom stereocenters. The van der Waals surface area contributed by atoms with Crippen LogP contribution in [0.4, 0.5) is 11.4 Å². The third kappa shape index (κ3) is 8.95. The van der Waals surface area contributed by atoms with Gasteiger partial charge in [-0.15, -0.1) is 0 Å². The van der Waals surface area contributed by atoms with Gasteiger partial charge in [0.1, 0.15) is 28.4 Å². The van der Waals surface area contributed by atoms with Gasteiger partial charge in [-0.1, -0.05) is 23.5 Å². The number of rotatable bonds is 15. The summed E-state index contributed by atoms with van der Waals surface area (Å²) in [5, 5.41) is 7.68. The number of nitrogens with two attached hydrogens (primary N) is 2. The highest BCUT2D eigenvalue weighted by molar-refractivity contribution is 7.16. The summed E-state index contributed by atoms with van der Waals surface area (Å²) in [7, 11) is 2.82. The molecule has 1 aliphatic heterocycles. The van der Waals surface area contributed by atoms with Gasteiger partial charge in [0, 0.05) is 44.8 Å². The maximum Gasteiger partial charge on any atom is 0.338 e. The number of nitrogen functional groups attached to an aromatic ring is 1. The quantitative estimate of drug-likeness (QED) is 0.0708. The lowest BCUT2D eigenvalue weighted by atomic mass is 10.1. The zero-order valence-corrected chi connectivity index (χ0v) is 30.1. The largest absolute Gasteiger partial charge is 0.494 e. The second-order valence-electron chi connectivity index (χ2n) is 11.7. The maximum absolute atomic E-state index is 13.4. The molecule has 4 aromatic rings. The highest BCUT2D eigenvalue weighted by atomic mass is 32.1. The van der Waals surface area contributed by atoms with Crippen molar-refractivity contribution in [3.05, 3.63) is 69.8 Å². The Kier molecular flexibility index (Phi) is 12.5. The van der Waals surface area contributed by atoms with Crippen LogP contribution in [0.5, 0.6) is 11.5 Å². The Morgan fingerprint density at radius 1 is 1.08 bits per heavy atom. The minimum Gasteiger partial charge on any atom is -0.494 e. The summed E-state index contributed by atoms with van der Waals surface area (Å²) in [6.45, 7) is 9.43. The van der Waals surface area contributed by atoms with Crippen molar-refractivity contribution in [3.8, 4) is 11.5 Å². The van der Waals surface area contributed by atoms with E-state index in [9.17, 15) is 14.4 Å². The first-order chi connectivity index (χ1) is 24.6. The number of anilines is 2. The summed E-state index contributed by atoms with van der Waals surface area (Å²) in [5.74, 6) is -0.694. The van der Waals surface area contributed by atoms with Crippen molar-refractivity contribution in [1.82, 2.24) is 19.2 Å². The Morgan fingerprint density at radius 2 is 1.84 bits per heavy atom. The Balaban J connectivity index is 1.38. The molecule has 2 aromatic carbocycles. The molecule has 0 aliphatic carbocycles. The minimum absolute atomic E-state index is 0.254. The zero-order chi connectivity index (χ0) is 36.5. The van der Waals surface area contributed by atoms with E-state index in [0.717, 1.165) is 39.3 Å². The molecule has 1 fully saturated rings. The van der Waals surface area contributed by atoms with Crippen molar-refractivity contribution in [3.63, 3.8) is 0 Å². The van der Waals surface area contributed by atoms with E-state index in [1.54, 1.807) is 28.9 Å². The average Bonchev–Trinajstić information content (AvgIpc) is 3.69. The number of morpholine rings is 1. The van der Waals surface area contributed by atoms with E-state index in [1.165, 1.54) is 31.6 Å². The number of aryl methyl sites for hydroxylation is 2. The number of ether oxygens (including phenoxy) is 4. The number of methoxy groups -OCH3 is 2. The standard InChI is InChI=1S/C35H44N8O7S/c1-5-43-26(17-22(2)40-43)33(45)39-35-42(31-28(47-3)20-24(34(46)48-4)21-29(31)51-35)11-7-6-9-38-30-25(36)18-23(32(37)44)19-27(30)50-14-8-10-41-12-15-49-16-13-41/h6-7,17-21,38H,5,8-16,36H2,1-4H3,(H2,37,44)/b7-6+,39-35-. The summed E-state index contributed by atoms with van der Waals surface area (Å²) >= 11 is 1.25. The van der Waals surface area contributed by atoms with Crippen LogP contribution in [0.25, 0.3) is 10.2 Å². The van der Waals surface area contributed by atoms with E-state index < -0.39 is 17.8 Å². The molecule has 2 amide bonds. The van der Waals surface area contributed by atoms with Crippen LogP contribution >= 0.6 is 11.3 Å². The van der Waals surface area contributed by atoms with Crippen LogP contribution in [0, 0.1) is 6.92 Å². The molecule has 0 saturated carbocycles. The summed E-state index contributed by atoms with van der Waals surface area (Å²) < 4.78 is 26.3. The van der Waals surface area contributed by atoms with E-state index in [1.807, 2.05) is 30.6 Å². The second-order valence-corrected chi connectivity index (χ2v) is 12.7. The molecule has 0 radical (unpaired) electrons. The summed E-state index contributed by atoms with van der Waals surface area (Å²) in [4.78, 5) is 45.0. The first-order valence-corrected chi connectivity index (χ1v) is 17.4. The Bertz CT molecular complexity index is 1990. The van der Waals surface area contributed by atoms with E-state index in [4.69, 9.17) is 30.4 Å². The van der Waals surface area contributed by atoms with Gasteiger partial charge in [-0.05, 0) is 50.6 Å². The van der Waals surface area contributed by atoms with Crippen molar-refractivity contribution in [2.24, 2.45) is 10.7 Å². The third-order valence-electron chi connectivity index (χ3n) is 8.25. The van der Waals surface area contributed by atoms with Crippen molar-refractivity contribution in [2.75, 3.05) is 71.3 Å². The van der Waals surface area contributed by atoms with Crippen LogP contribution in [-0.2, 0) is 22.6 Å². The van der Waals surface area contributed by atoms with E-state index in [0.29, 0.717) is 81.1 Å². The Hall–Kier alpha value is -5.19. The number of hydrogen-bond acceptors (Lipinski definition) is 12. The topological polar surface area (TPSA) is 191 Å². The van der Waals surface area contributed by atoms with Crippen LogP contribution in [0.3, 0.4) is 0 Å². The molecule has 5 N–H and O–H groups in total. The molecule has 1 saturated heterocycles. The number of aromatic nitrogens is 3. The maximum atomic E-state index is 13.4. The molecule has 272 valence electrons. The van der Waals surface area contributed by atoms with Crippen LogP contribution in [0.1, 0.15) is 50.2 Å². The Morgan fingerprint density at radius 3 is 2.55 bits per heavy atom. The number of fused-ring (bicyclic) bond motifs is 1. The molecule has 16 heteroatoms. The molecule has 15 nitrogen and oxygen atoms in total. The summed E-state index contributed by atoms with van der Waals surface area (Å²) in [6, 6.07) is 8.12. The van der Waals surface area contributed by atoms with Gasteiger partial charge >= 0.3 is 5.97 Å². The zero-order valence-electron chi connectivity index (χ0n) is 29.3. The van der Waals surface area contributed by atoms with Crippen LogP contribution in [-0.4, -0.2) is 97.3 Å². The summed E-state index contributed by atoms with van der Waals surface area (Å²) in [6.07, 6.45) is 4.59. The number of esters is 1. The second kappa shape index (κ2) is 17.2. The van der Waals surface area contributed by atoms with Gasteiger partial charge < -0.3 is 40.3 Å². The summed E-state index contributed by atoms with van der Waals surface area (Å²) in [5.41, 5.74) is 15.1. The molecule has 0 unspecified atom stereocenters. The van der Waals surface area contributed by atoms with Gasteiger partial charge in [0.25, 0.3) is 5.91 Å². The number of amides is 2. The number of nitrogens with zero attached hydrogens (tertiary/aromatic N) is 5. The SMILES string of the molecule is CCn1nc(C)cc1C(=O)/N=c1\sc2cc(C(=O)OC)cc(OC)c2n1C/C=C/CNc1c(N)cc(C(N)=O)cc1OCCCN1CCOCC1. The predicted molar refractivity (Wildman–Crippen MR) is 195 cm³/mol. The van der Waals surface area contributed by atoms with Gasteiger partial charge in [-0.3, -0.25) is 19.2 Å². The molecule has 1 aliphatic rings. The molecule has 5 rings (SSSR count). The number of primary amides is 1. The van der Waals surface area contributed by atoms with E-state index in [2.05, 4.69) is 20.3 Å². The highest BCUT2D eigenvalue weighted by Gasteiger charge is 2.19. The Labute approximate surface area is 299 Å². The number of nitrogens with one attached hydrogen (secondary N) is 1. The first kappa shape index (κ1) is 37.1. The number of allylic oxidation sites excluding steroid dienone is 1. The smallest absolute Gasteiger partial charge is 0.338 e. The molecule has 2 aromatic heterocycles. The van der Waals surface area contributed by atoms with Crippen molar-refractivity contribution in [2.45, 2.75) is 33.4 Å². The van der Waals surface area contributed by atoms with Gasteiger partial charge in [0.05, 0.1) is 55.7 Å². The highest BCUT2D eigenvalue weighted by Crippen LogP contribution is 2.33. The fourth-order valence-corrected chi connectivity index (χ4v) is 6.82. The predicted octanol–water partition coefficient (Wildman–Crippen LogP) is 3.21. The number of thiazole rings is 1.